The maximum atomic E-state index is 12.5. The summed E-state index contributed by atoms with van der Waals surface area (Å²) in [6.07, 6.45) is 0.00202. The Morgan fingerprint density at radius 1 is 1.23 bits per heavy atom. The lowest BCUT2D eigenvalue weighted by Gasteiger charge is -2.09. The van der Waals surface area contributed by atoms with Crippen molar-refractivity contribution in [3.8, 4) is 0 Å². The monoisotopic (exact) mass is 445 g/mol. The Labute approximate surface area is 183 Å². The number of nitrogens with one attached hydrogen (secondary N) is 1. The standard InChI is InChI=1S/C21H20ClN3O4S/c1-3-29-20(28)13-7-9-15(10-8-13)23-18(26)12-17-19(27)25(2)21(30-17)24-16-6-4-5-14(22)11-16/h4-11,17H,3,12H2,1-2H3,(H,23,26). The van der Waals surface area contributed by atoms with Crippen LogP contribution in [0.3, 0.4) is 0 Å². The number of benzene rings is 2. The minimum atomic E-state index is -0.563. The predicted octanol–water partition coefficient (Wildman–Crippen LogP) is 4.11. The molecular formula is C21H20ClN3O4S. The lowest BCUT2D eigenvalue weighted by molar-refractivity contribution is -0.127. The van der Waals surface area contributed by atoms with Gasteiger partial charge in [-0.15, -0.1) is 0 Å². The highest BCUT2D eigenvalue weighted by molar-refractivity contribution is 8.15. The van der Waals surface area contributed by atoms with Crippen LogP contribution in [0.4, 0.5) is 11.4 Å². The maximum absolute atomic E-state index is 12.5. The number of hydrogen-bond donors (Lipinski definition) is 1. The van der Waals surface area contributed by atoms with Crippen molar-refractivity contribution in [1.29, 1.82) is 0 Å². The van der Waals surface area contributed by atoms with Gasteiger partial charge in [0.05, 0.1) is 17.9 Å². The second-order valence-electron chi connectivity index (χ2n) is 6.43. The van der Waals surface area contributed by atoms with Crippen molar-refractivity contribution >= 4 is 57.7 Å². The summed E-state index contributed by atoms with van der Waals surface area (Å²) in [6, 6.07) is 13.4. The highest BCUT2D eigenvalue weighted by atomic mass is 35.5. The molecule has 1 aliphatic rings. The first-order chi connectivity index (χ1) is 14.4. The molecular weight excluding hydrogens is 426 g/mol. The molecule has 0 saturated carbocycles. The Morgan fingerprint density at radius 3 is 2.63 bits per heavy atom. The number of thioether (sulfide) groups is 1. The molecule has 2 aromatic rings. The molecule has 156 valence electrons. The quantitative estimate of drug-likeness (QED) is 0.676. The summed E-state index contributed by atoms with van der Waals surface area (Å²) in [5.41, 5.74) is 1.57. The lowest BCUT2D eigenvalue weighted by Crippen LogP contribution is -2.30. The largest absolute Gasteiger partial charge is 0.462 e. The van der Waals surface area contributed by atoms with Gasteiger partial charge in [-0.25, -0.2) is 9.79 Å². The summed E-state index contributed by atoms with van der Waals surface area (Å²) < 4.78 is 4.93. The van der Waals surface area contributed by atoms with E-state index in [0.29, 0.717) is 33.7 Å². The van der Waals surface area contributed by atoms with Crippen LogP contribution >= 0.6 is 23.4 Å². The van der Waals surface area contributed by atoms with E-state index in [1.54, 1.807) is 62.5 Å². The van der Waals surface area contributed by atoms with Gasteiger partial charge in [-0.05, 0) is 49.4 Å². The molecule has 0 aliphatic carbocycles. The number of anilines is 1. The summed E-state index contributed by atoms with van der Waals surface area (Å²) in [5.74, 6) is -0.909. The number of halogens is 1. The summed E-state index contributed by atoms with van der Waals surface area (Å²) >= 11 is 7.22. The number of carbonyl (C=O) groups excluding carboxylic acids is 3. The topological polar surface area (TPSA) is 88.1 Å². The van der Waals surface area contributed by atoms with E-state index in [-0.39, 0.29) is 18.2 Å². The van der Waals surface area contributed by atoms with Gasteiger partial charge in [0.1, 0.15) is 5.25 Å². The number of hydrogen-bond acceptors (Lipinski definition) is 6. The van der Waals surface area contributed by atoms with Crippen LogP contribution in [0.15, 0.2) is 53.5 Å². The van der Waals surface area contributed by atoms with E-state index < -0.39 is 11.2 Å². The number of aliphatic imine (C=N–C) groups is 1. The van der Waals surface area contributed by atoms with Gasteiger partial charge in [0.25, 0.3) is 0 Å². The van der Waals surface area contributed by atoms with Crippen molar-refractivity contribution in [2.75, 3.05) is 19.0 Å². The molecule has 3 rings (SSSR count). The zero-order valence-electron chi connectivity index (χ0n) is 16.4. The number of amides is 2. The SMILES string of the molecule is CCOC(=O)c1ccc(NC(=O)CC2SC(=Nc3cccc(Cl)c3)N(C)C2=O)cc1. The number of esters is 1. The van der Waals surface area contributed by atoms with Gasteiger partial charge in [0.2, 0.25) is 11.8 Å². The van der Waals surface area contributed by atoms with Crippen molar-refractivity contribution < 1.29 is 19.1 Å². The molecule has 2 amide bonds. The van der Waals surface area contributed by atoms with E-state index in [4.69, 9.17) is 16.3 Å². The summed E-state index contributed by atoms with van der Waals surface area (Å²) in [7, 11) is 1.63. The van der Waals surface area contributed by atoms with Crippen LogP contribution in [-0.4, -0.2) is 46.8 Å². The molecule has 7 nitrogen and oxygen atoms in total. The Kier molecular flexibility index (Phi) is 7.12. The minimum absolute atomic E-state index is 0.00202. The van der Waals surface area contributed by atoms with Crippen LogP contribution in [0.2, 0.25) is 5.02 Å². The van der Waals surface area contributed by atoms with Gasteiger partial charge in [-0.1, -0.05) is 29.4 Å². The van der Waals surface area contributed by atoms with E-state index in [1.807, 2.05) is 0 Å². The first-order valence-electron chi connectivity index (χ1n) is 9.23. The minimum Gasteiger partial charge on any atom is -0.462 e. The summed E-state index contributed by atoms with van der Waals surface area (Å²) in [4.78, 5) is 42.5. The summed E-state index contributed by atoms with van der Waals surface area (Å²) in [5, 5.41) is 3.25. The zero-order chi connectivity index (χ0) is 21.7. The number of nitrogens with zero attached hydrogens (tertiary/aromatic N) is 2. The van der Waals surface area contributed by atoms with Crippen LogP contribution in [-0.2, 0) is 14.3 Å². The van der Waals surface area contributed by atoms with Crippen LogP contribution in [0.5, 0.6) is 0 Å². The third-order valence-electron chi connectivity index (χ3n) is 4.22. The van der Waals surface area contributed by atoms with Crippen molar-refractivity contribution in [1.82, 2.24) is 4.90 Å². The molecule has 2 aromatic carbocycles. The average molecular weight is 446 g/mol. The molecule has 9 heteroatoms. The van der Waals surface area contributed by atoms with Gasteiger partial charge in [0, 0.05) is 24.2 Å². The number of rotatable bonds is 6. The molecule has 0 bridgehead atoms. The Bertz CT molecular complexity index is 994. The maximum Gasteiger partial charge on any atom is 0.338 e. The van der Waals surface area contributed by atoms with E-state index >= 15 is 0 Å². The van der Waals surface area contributed by atoms with Crippen molar-refractivity contribution in [3.05, 3.63) is 59.1 Å². The number of amidine groups is 1. The van der Waals surface area contributed by atoms with Gasteiger partial charge in [0.15, 0.2) is 5.17 Å². The molecule has 1 fully saturated rings. The van der Waals surface area contributed by atoms with E-state index in [0.717, 1.165) is 0 Å². The van der Waals surface area contributed by atoms with Crippen molar-refractivity contribution in [2.45, 2.75) is 18.6 Å². The van der Waals surface area contributed by atoms with Crippen molar-refractivity contribution in [2.24, 2.45) is 4.99 Å². The summed E-state index contributed by atoms with van der Waals surface area (Å²) in [6.45, 7) is 2.03. The third kappa shape index (κ3) is 5.40. The van der Waals surface area contributed by atoms with E-state index in [2.05, 4.69) is 10.3 Å². The molecule has 30 heavy (non-hydrogen) atoms. The van der Waals surface area contributed by atoms with Crippen LogP contribution in [0, 0.1) is 0 Å². The fourth-order valence-electron chi connectivity index (χ4n) is 2.74. The fraction of sp³-hybridized carbons (Fsp3) is 0.238. The Hall–Kier alpha value is -2.84. The second kappa shape index (κ2) is 9.77. The fourth-order valence-corrected chi connectivity index (χ4v) is 4.08. The number of carbonyl (C=O) groups is 3. The predicted molar refractivity (Wildman–Crippen MR) is 118 cm³/mol. The molecule has 1 aliphatic heterocycles. The molecule has 1 saturated heterocycles. The average Bonchev–Trinajstić information content (AvgIpc) is 2.96. The number of ether oxygens (including phenoxy) is 1. The van der Waals surface area contributed by atoms with E-state index in [1.165, 1.54) is 16.7 Å². The normalized spacial score (nSPS) is 17.3. The molecule has 0 spiro atoms. The molecule has 1 unspecified atom stereocenters. The third-order valence-corrected chi connectivity index (χ3v) is 5.69. The molecule has 0 aromatic heterocycles. The molecule has 1 atom stereocenters. The second-order valence-corrected chi connectivity index (χ2v) is 8.03. The highest BCUT2D eigenvalue weighted by Gasteiger charge is 2.37. The zero-order valence-corrected chi connectivity index (χ0v) is 18.0. The van der Waals surface area contributed by atoms with Crippen LogP contribution in [0.1, 0.15) is 23.7 Å². The first kappa shape index (κ1) is 21.9. The van der Waals surface area contributed by atoms with Crippen LogP contribution < -0.4 is 5.32 Å². The van der Waals surface area contributed by atoms with Crippen molar-refractivity contribution in [3.63, 3.8) is 0 Å². The van der Waals surface area contributed by atoms with Gasteiger partial charge in [-0.2, -0.15) is 0 Å². The first-order valence-corrected chi connectivity index (χ1v) is 10.5. The van der Waals surface area contributed by atoms with E-state index in [9.17, 15) is 14.4 Å². The van der Waals surface area contributed by atoms with Gasteiger partial charge < -0.3 is 10.1 Å². The molecule has 0 radical (unpaired) electrons. The Balaban J connectivity index is 1.61. The Morgan fingerprint density at radius 2 is 1.97 bits per heavy atom. The molecule has 1 heterocycles. The highest BCUT2D eigenvalue weighted by Crippen LogP contribution is 2.31. The van der Waals surface area contributed by atoms with Gasteiger partial charge in [-0.3, -0.25) is 14.5 Å². The lowest BCUT2D eigenvalue weighted by atomic mass is 10.2. The smallest absolute Gasteiger partial charge is 0.338 e. The van der Waals surface area contributed by atoms with Gasteiger partial charge >= 0.3 is 5.97 Å². The van der Waals surface area contributed by atoms with Crippen LogP contribution in [0.25, 0.3) is 0 Å². The molecule has 1 N–H and O–H groups in total.